The van der Waals surface area contributed by atoms with E-state index in [0.717, 1.165) is 5.69 Å². The molecule has 0 aliphatic heterocycles. The maximum Gasteiger partial charge on any atom is 0.259 e. The second-order valence-corrected chi connectivity index (χ2v) is 4.41. The maximum absolute atomic E-state index is 11.7. The molecular formula is C12H9N3OS. The first-order valence-corrected chi connectivity index (χ1v) is 5.99. The van der Waals surface area contributed by atoms with Crippen LogP contribution in [0.4, 0.5) is 0 Å². The van der Waals surface area contributed by atoms with Gasteiger partial charge in [0.2, 0.25) is 0 Å². The number of fused-ring (bicyclic) bond motifs is 1. The van der Waals surface area contributed by atoms with Gasteiger partial charge in [0.1, 0.15) is 0 Å². The summed E-state index contributed by atoms with van der Waals surface area (Å²) in [7, 11) is 0. The van der Waals surface area contributed by atoms with Crippen LogP contribution in [0.2, 0.25) is 0 Å². The molecule has 17 heavy (non-hydrogen) atoms. The van der Waals surface area contributed by atoms with E-state index in [-0.39, 0.29) is 5.56 Å². The van der Waals surface area contributed by atoms with E-state index in [1.807, 2.05) is 35.9 Å². The molecule has 3 rings (SSSR count). The van der Waals surface area contributed by atoms with E-state index in [9.17, 15) is 4.79 Å². The van der Waals surface area contributed by atoms with Gasteiger partial charge in [-0.05, 0) is 24.3 Å². The molecule has 4 nitrogen and oxygen atoms in total. The molecule has 0 bridgehead atoms. The van der Waals surface area contributed by atoms with Crippen LogP contribution in [0.1, 0.15) is 11.4 Å². The molecule has 1 N–H and O–H groups in total. The molecule has 0 saturated heterocycles. The van der Waals surface area contributed by atoms with E-state index in [0.29, 0.717) is 10.7 Å². The largest absolute Gasteiger partial charge is 0.362 e. The number of nitrogens with one attached hydrogen (secondary N) is 1. The molecule has 0 aliphatic rings. The molecule has 0 amide bonds. The standard InChI is InChI=1S/C12H9N3OS/c16-11-8-10(4-3-9-2-1-5-13-9)14-12-15(11)6-7-17-12/h1-8,13H. The Balaban J connectivity index is 2.03. The number of hydrogen-bond acceptors (Lipinski definition) is 3. The highest BCUT2D eigenvalue weighted by molar-refractivity contribution is 7.15. The second-order valence-electron chi connectivity index (χ2n) is 3.53. The molecule has 0 atom stereocenters. The van der Waals surface area contributed by atoms with Gasteiger partial charge in [-0.25, -0.2) is 4.98 Å². The Morgan fingerprint density at radius 2 is 2.35 bits per heavy atom. The zero-order chi connectivity index (χ0) is 11.7. The van der Waals surface area contributed by atoms with Gasteiger partial charge < -0.3 is 4.98 Å². The lowest BCUT2D eigenvalue weighted by molar-refractivity contribution is 1.07. The molecule has 3 heterocycles. The predicted octanol–water partition coefficient (Wildman–Crippen LogP) is 2.25. The fourth-order valence-electron chi connectivity index (χ4n) is 1.57. The fraction of sp³-hybridized carbons (Fsp3) is 0. The van der Waals surface area contributed by atoms with Crippen LogP contribution in [0.25, 0.3) is 17.1 Å². The molecule has 0 unspecified atom stereocenters. The number of H-pyrrole nitrogens is 1. The zero-order valence-corrected chi connectivity index (χ0v) is 9.65. The quantitative estimate of drug-likeness (QED) is 0.750. The topological polar surface area (TPSA) is 50.2 Å². The minimum atomic E-state index is -0.0533. The van der Waals surface area contributed by atoms with Crippen LogP contribution in [0.3, 0.4) is 0 Å². The van der Waals surface area contributed by atoms with Gasteiger partial charge in [-0.15, -0.1) is 11.3 Å². The lowest BCUT2D eigenvalue weighted by Crippen LogP contribution is -2.11. The van der Waals surface area contributed by atoms with Crippen LogP contribution < -0.4 is 5.56 Å². The van der Waals surface area contributed by atoms with Gasteiger partial charge in [0.15, 0.2) is 4.96 Å². The molecule has 0 spiro atoms. The summed E-state index contributed by atoms with van der Waals surface area (Å²) in [5.41, 5.74) is 1.60. The third-order valence-corrected chi connectivity index (χ3v) is 3.14. The van der Waals surface area contributed by atoms with Crippen molar-refractivity contribution in [2.75, 3.05) is 0 Å². The van der Waals surface area contributed by atoms with Gasteiger partial charge >= 0.3 is 0 Å². The normalized spacial score (nSPS) is 11.5. The number of rotatable bonds is 2. The molecule has 0 fully saturated rings. The van der Waals surface area contributed by atoms with Crippen LogP contribution in [0.5, 0.6) is 0 Å². The molecule has 5 heteroatoms. The maximum atomic E-state index is 11.7. The molecule has 0 aromatic carbocycles. The van der Waals surface area contributed by atoms with E-state index >= 15 is 0 Å². The number of aromatic amines is 1. The third kappa shape index (κ3) is 1.92. The highest BCUT2D eigenvalue weighted by atomic mass is 32.1. The minimum absolute atomic E-state index is 0.0533. The second kappa shape index (κ2) is 4.03. The van der Waals surface area contributed by atoms with Crippen LogP contribution in [0.15, 0.2) is 40.8 Å². The summed E-state index contributed by atoms with van der Waals surface area (Å²) in [4.78, 5) is 19.9. The molecule has 0 saturated carbocycles. The molecule has 3 aromatic rings. The summed E-state index contributed by atoms with van der Waals surface area (Å²) < 4.78 is 1.54. The van der Waals surface area contributed by atoms with Gasteiger partial charge in [-0.2, -0.15) is 0 Å². The van der Waals surface area contributed by atoms with Gasteiger partial charge in [0.25, 0.3) is 5.56 Å². The number of thiazole rings is 1. The predicted molar refractivity (Wildman–Crippen MR) is 69.1 cm³/mol. The summed E-state index contributed by atoms with van der Waals surface area (Å²) >= 11 is 1.45. The average Bonchev–Trinajstić information content (AvgIpc) is 2.97. The van der Waals surface area contributed by atoms with Crippen molar-refractivity contribution in [3.63, 3.8) is 0 Å². The molecule has 3 aromatic heterocycles. The van der Waals surface area contributed by atoms with Crippen molar-refractivity contribution in [3.05, 3.63) is 57.7 Å². The lowest BCUT2D eigenvalue weighted by Gasteiger charge is -1.94. The van der Waals surface area contributed by atoms with Crippen molar-refractivity contribution < 1.29 is 0 Å². The first-order valence-electron chi connectivity index (χ1n) is 5.11. The average molecular weight is 243 g/mol. The fourth-order valence-corrected chi connectivity index (χ4v) is 2.29. The van der Waals surface area contributed by atoms with Crippen molar-refractivity contribution in [2.24, 2.45) is 0 Å². The molecular weight excluding hydrogens is 234 g/mol. The molecule has 0 aliphatic carbocycles. The van der Waals surface area contributed by atoms with Crippen molar-refractivity contribution in [1.29, 1.82) is 0 Å². The van der Waals surface area contributed by atoms with Gasteiger partial charge in [-0.1, -0.05) is 0 Å². The molecule has 84 valence electrons. The summed E-state index contributed by atoms with van der Waals surface area (Å²) in [6.45, 7) is 0. The Bertz CT molecular complexity index is 722. The van der Waals surface area contributed by atoms with Crippen LogP contribution >= 0.6 is 11.3 Å². The van der Waals surface area contributed by atoms with Gasteiger partial charge in [0.05, 0.1) is 5.69 Å². The van der Waals surface area contributed by atoms with E-state index < -0.39 is 0 Å². The smallest absolute Gasteiger partial charge is 0.259 e. The van der Waals surface area contributed by atoms with E-state index in [1.165, 1.54) is 21.8 Å². The molecule has 0 radical (unpaired) electrons. The van der Waals surface area contributed by atoms with Crippen molar-refractivity contribution in [3.8, 4) is 0 Å². The minimum Gasteiger partial charge on any atom is -0.362 e. The van der Waals surface area contributed by atoms with Crippen LogP contribution in [-0.4, -0.2) is 14.4 Å². The Kier molecular flexibility index (Phi) is 2.38. The summed E-state index contributed by atoms with van der Waals surface area (Å²) in [5.74, 6) is 0. The van der Waals surface area contributed by atoms with Crippen LogP contribution in [0, 0.1) is 0 Å². The van der Waals surface area contributed by atoms with Crippen LogP contribution in [-0.2, 0) is 0 Å². The van der Waals surface area contributed by atoms with Gasteiger partial charge in [-0.3, -0.25) is 9.20 Å². The summed E-state index contributed by atoms with van der Waals surface area (Å²) in [6, 6.07) is 5.40. The summed E-state index contributed by atoms with van der Waals surface area (Å²) in [6.07, 6.45) is 7.30. The highest BCUT2D eigenvalue weighted by Gasteiger charge is 2.00. The highest BCUT2D eigenvalue weighted by Crippen LogP contribution is 2.08. The Morgan fingerprint density at radius 3 is 3.18 bits per heavy atom. The number of hydrogen-bond donors (Lipinski definition) is 1. The first-order chi connectivity index (χ1) is 8.33. The van der Waals surface area contributed by atoms with Crippen molar-refractivity contribution in [1.82, 2.24) is 14.4 Å². The summed E-state index contributed by atoms with van der Waals surface area (Å²) in [5, 5.41) is 1.85. The van der Waals surface area contributed by atoms with E-state index in [1.54, 1.807) is 6.20 Å². The van der Waals surface area contributed by atoms with Gasteiger partial charge in [0, 0.05) is 29.5 Å². The number of nitrogens with zero attached hydrogens (tertiary/aromatic N) is 2. The van der Waals surface area contributed by atoms with Crippen molar-refractivity contribution >= 4 is 28.4 Å². The number of aromatic nitrogens is 3. The first kappa shape index (κ1) is 10.0. The zero-order valence-electron chi connectivity index (χ0n) is 8.83. The monoisotopic (exact) mass is 243 g/mol. The Labute approximate surface area is 101 Å². The van der Waals surface area contributed by atoms with E-state index in [4.69, 9.17) is 0 Å². The lowest BCUT2D eigenvalue weighted by atomic mass is 10.3. The van der Waals surface area contributed by atoms with E-state index in [2.05, 4.69) is 9.97 Å². The Hall–Kier alpha value is -2.14. The third-order valence-electron chi connectivity index (χ3n) is 2.38. The Morgan fingerprint density at radius 1 is 1.41 bits per heavy atom. The SMILES string of the molecule is O=c1cc(C=Cc2ccc[nH]2)nc2sccn12. The van der Waals surface area contributed by atoms with Crippen molar-refractivity contribution in [2.45, 2.75) is 0 Å².